The first-order chi connectivity index (χ1) is 7.03. The molecule has 0 spiro atoms. The third kappa shape index (κ3) is 4.54. The Morgan fingerprint density at radius 2 is 2.20 bits per heavy atom. The van der Waals surface area contributed by atoms with Crippen molar-refractivity contribution in [3.63, 3.8) is 0 Å². The van der Waals surface area contributed by atoms with Crippen LogP contribution in [0.25, 0.3) is 0 Å². The molecule has 1 aliphatic carbocycles. The van der Waals surface area contributed by atoms with Gasteiger partial charge in [-0.05, 0) is 37.5 Å². The lowest BCUT2D eigenvalue weighted by Crippen LogP contribution is -2.30. The number of carbonyl (C=O) groups excluding carboxylic acids is 1. The van der Waals surface area contributed by atoms with E-state index in [1.807, 2.05) is 6.92 Å². The molecule has 1 rings (SSSR count). The van der Waals surface area contributed by atoms with Gasteiger partial charge in [0.1, 0.15) is 6.10 Å². The fourth-order valence-corrected chi connectivity index (χ4v) is 2.08. The Morgan fingerprint density at radius 3 is 2.80 bits per heavy atom. The Bertz CT molecular complexity index is 211. The van der Waals surface area contributed by atoms with Gasteiger partial charge in [0.15, 0.2) is 0 Å². The lowest BCUT2D eigenvalue weighted by Gasteiger charge is -2.34. The Labute approximate surface area is 92.1 Å². The van der Waals surface area contributed by atoms with Gasteiger partial charge in [0.05, 0.1) is 6.61 Å². The van der Waals surface area contributed by atoms with Crippen molar-refractivity contribution >= 4 is 6.16 Å². The van der Waals surface area contributed by atoms with Crippen LogP contribution < -0.4 is 0 Å². The van der Waals surface area contributed by atoms with Crippen LogP contribution >= 0.6 is 0 Å². The molecule has 0 aromatic heterocycles. The molecule has 0 N–H and O–H groups in total. The van der Waals surface area contributed by atoms with E-state index in [9.17, 15) is 4.79 Å². The minimum absolute atomic E-state index is 0.0538. The van der Waals surface area contributed by atoms with E-state index in [4.69, 9.17) is 9.47 Å². The van der Waals surface area contributed by atoms with E-state index < -0.39 is 6.16 Å². The van der Waals surface area contributed by atoms with Crippen molar-refractivity contribution in [3.8, 4) is 0 Å². The first-order valence-electron chi connectivity index (χ1n) is 5.87. The summed E-state index contributed by atoms with van der Waals surface area (Å²) in [6.45, 7) is 6.87. The highest BCUT2D eigenvalue weighted by Crippen LogP contribution is 2.36. The van der Waals surface area contributed by atoms with Crippen molar-refractivity contribution in [2.45, 2.75) is 59.0 Å². The molecule has 0 aliphatic heterocycles. The van der Waals surface area contributed by atoms with Crippen molar-refractivity contribution in [2.75, 3.05) is 6.61 Å². The van der Waals surface area contributed by atoms with Gasteiger partial charge in [-0.15, -0.1) is 0 Å². The van der Waals surface area contributed by atoms with Crippen LogP contribution in [0.1, 0.15) is 52.9 Å². The van der Waals surface area contributed by atoms with Gasteiger partial charge in [0.2, 0.25) is 0 Å². The molecule has 88 valence electrons. The first kappa shape index (κ1) is 12.3. The maximum Gasteiger partial charge on any atom is 0.508 e. The number of hydrogen-bond donors (Lipinski definition) is 0. The first-order valence-corrected chi connectivity index (χ1v) is 5.87. The van der Waals surface area contributed by atoms with E-state index in [-0.39, 0.29) is 6.10 Å². The normalized spacial score (nSPS) is 24.6. The zero-order valence-electron chi connectivity index (χ0n) is 10.0. The summed E-state index contributed by atoms with van der Waals surface area (Å²) >= 11 is 0. The molecule has 0 heterocycles. The third-order valence-electron chi connectivity index (χ3n) is 2.85. The smallest absolute Gasteiger partial charge is 0.434 e. The fraction of sp³-hybridized carbons (Fsp3) is 0.917. The van der Waals surface area contributed by atoms with Gasteiger partial charge >= 0.3 is 6.16 Å². The summed E-state index contributed by atoms with van der Waals surface area (Å²) in [5.41, 5.74) is 0.300. The monoisotopic (exact) mass is 214 g/mol. The number of ether oxygens (including phenoxy) is 2. The van der Waals surface area contributed by atoms with Gasteiger partial charge in [0.25, 0.3) is 0 Å². The number of rotatable bonds is 3. The van der Waals surface area contributed by atoms with Crippen molar-refractivity contribution in [3.05, 3.63) is 0 Å². The third-order valence-corrected chi connectivity index (χ3v) is 2.85. The summed E-state index contributed by atoms with van der Waals surface area (Å²) in [6, 6.07) is 0. The molecule has 1 fully saturated rings. The maximum absolute atomic E-state index is 11.2. The predicted octanol–water partition coefficient (Wildman–Crippen LogP) is 3.52. The summed E-state index contributed by atoms with van der Waals surface area (Å²) in [5.74, 6) is 0. The van der Waals surface area contributed by atoms with Gasteiger partial charge in [-0.2, -0.15) is 0 Å². The molecule has 1 unspecified atom stereocenters. The molecule has 0 aromatic rings. The van der Waals surface area contributed by atoms with E-state index in [0.717, 1.165) is 25.7 Å². The maximum atomic E-state index is 11.2. The SMILES string of the molecule is CCCOC(=O)OC1CCCC(C)(C)C1. The number of hydrogen-bond acceptors (Lipinski definition) is 3. The second-order valence-corrected chi connectivity index (χ2v) is 5.10. The quantitative estimate of drug-likeness (QED) is 0.674. The average Bonchev–Trinajstić information content (AvgIpc) is 2.13. The summed E-state index contributed by atoms with van der Waals surface area (Å²) in [5, 5.41) is 0. The zero-order chi connectivity index (χ0) is 11.3. The minimum Gasteiger partial charge on any atom is -0.434 e. The largest absolute Gasteiger partial charge is 0.508 e. The van der Waals surface area contributed by atoms with Crippen molar-refractivity contribution in [2.24, 2.45) is 5.41 Å². The standard InChI is InChI=1S/C12H22O3/c1-4-8-14-11(13)15-10-6-5-7-12(2,3)9-10/h10H,4-9H2,1-3H3. The fourth-order valence-electron chi connectivity index (χ4n) is 2.08. The molecule has 1 aliphatic rings. The van der Waals surface area contributed by atoms with Gasteiger partial charge in [-0.3, -0.25) is 0 Å². The molecule has 0 saturated heterocycles. The molecule has 0 radical (unpaired) electrons. The Balaban J connectivity index is 2.28. The van der Waals surface area contributed by atoms with Crippen molar-refractivity contribution < 1.29 is 14.3 Å². The molecular weight excluding hydrogens is 192 g/mol. The molecule has 0 aromatic carbocycles. The molecule has 3 nitrogen and oxygen atoms in total. The van der Waals surface area contributed by atoms with Crippen LogP contribution in [0.2, 0.25) is 0 Å². The molecule has 0 bridgehead atoms. The van der Waals surface area contributed by atoms with Gasteiger partial charge in [-0.1, -0.05) is 20.8 Å². The van der Waals surface area contributed by atoms with E-state index >= 15 is 0 Å². The van der Waals surface area contributed by atoms with E-state index in [2.05, 4.69) is 13.8 Å². The summed E-state index contributed by atoms with van der Waals surface area (Å²) in [7, 11) is 0. The van der Waals surface area contributed by atoms with E-state index in [1.165, 1.54) is 6.42 Å². The Kier molecular flexibility index (Phi) is 4.43. The summed E-state index contributed by atoms with van der Waals surface area (Å²) in [6.07, 6.45) is 4.68. The minimum atomic E-state index is -0.500. The summed E-state index contributed by atoms with van der Waals surface area (Å²) < 4.78 is 10.2. The molecule has 1 atom stereocenters. The van der Waals surface area contributed by atoms with Crippen molar-refractivity contribution in [1.29, 1.82) is 0 Å². The van der Waals surface area contributed by atoms with Crippen LogP contribution in [0, 0.1) is 5.41 Å². The second-order valence-electron chi connectivity index (χ2n) is 5.10. The van der Waals surface area contributed by atoms with Gasteiger partial charge < -0.3 is 9.47 Å². The highest BCUT2D eigenvalue weighted by Gasteiger charge is 2.30. The Morgan fingerprint density at radius 1 is 1.47 bits per heavy atom. The second kappa shape index (κ2) is 5.38. The highest BCUT2D eigenvalue weighted by molar-refractivity contribution is 5.60. The summed E-state index contributed by atoms with van der Waals surface area (Å²) in [4.78, 5) is 11.2. The van der Waals surface area contributed by atoms with Crippen LogP contribution in [-0.2, 0) is 9.47 Å². The van der Waals surface area contributed by atoms with Gasteiger partial charge in [-0.25, -0.2) is 4.79 Å². The Hall–Kier alpha value is -0.730. The molecule has 15 heavy (non-hydrogen) atoms. The predicted molar refractivity (Wildman–Crippen MR) is 58.8 cm³/mol. The number of carbonyl (C=O) groups is 1. The molecule has 0 amide bonds. The van der Waals surface area contributed by atoms with E-state index in [1.54, 1.807) is 0 Å². The lowest BCUT2D eigenvalue weighted by atomic mass is 9.76. The molecule has 1 saturated carbocycles. The average molecular weight is 214 g/mol. The van der Waals surface area contributed by atoms with Crippen LogP contribution in [0.3, 0.4) is 0 Å². The van der Waals surface area contributed by atoms with Crippen LogP contribution in [0.5, 0.6) is 0 Å². The molecule has 3 heteroatoms. The topological polar surface area (TPSA) is 35.5 Å². The zero-order valence-corrected chi connectivity index (χ0v) is 10.0. The van der Waals surface area contributed by atoms with Crippen LogP contribution in [0.4, 0.5) is 4.79 Å². The van der Waals surface area contributed by atoms with Crippen molar-refractivity contribution in [1.82, 2.24) is 0 Å². The molecular formula is C12H22O3. The van der Waals surface area contributed by atoms with Crippen LogP contribution in [-0.4, -0.2) is 18.9 Å². The van der Waals surface area contributed by atoms with Gasteiger partial charge in [0, 0.05) is 0 Å². The van der Waals surface area contributed by atoms with E-state index in [0.29, 0.717) is 12.0 Å². The lowest BCUT2D eigenvalue weighted by molar-refractivity contribution is -0.00860. The van der Waals surface area contributed by atoms with Crippen LogP contribution in [0.15, 0.2) is 0 Å². The highest BCUT2D eigenvalue weighted by atomic mass is 16.7.